The molecule has 0 amide bonds. The molecule has 0 spiro atoms. The van der Waals surface area contributed by atoms with Gasteiger partial charge in [0, 0.05) is 11.6 Å². The van der Waals surface area contributed by atoms with E-state index in [4.69, 9.17) is 0 Å². The minimum Gasteiger partial charge on any atom is -0.504 e. The summed E-state index contributed by atoms with van der Waals surface area (Å²) in [7, 11) is 0. The van der Waals surface area contributed by atoms with E-state index in [1.165, 1.54) is 18.2 Å². The Kier molecular flexibility index (Phi) is 2.84. The number of fused-ring (bicyclic) bond motifs is 1. The average Bonchev–Trinajstić information content (AvgIpc) is 2.48. The quantitative estimate of drug-likeness (QED) is 0.379. The Balaban J connectivity index is 2.35. The van der Waals surface area contributed by atoms with E-state index in [0.29, 0.717) is 0 Å². The van der Waals surface area contributed by atoms with Gasteiger partial charge in [0.2, 0.25) is 5.43 Å². The van der Waals surface area contributed by atoms with Gasteiger partial charge >= 0.3 is 0 Å². The van der Waals surface area contributed by atoms with Crippen LogP contribution in [0.25, 0.3) is 22.2 Å². The molecule has 0 bridgehead atoms. The van der Waals surface area contributed by atoms with Gasteiger partial charge in [-0.3, -0.25) is 4.79 Å². The lowest BCUT2D eigenvalue weighted by atomic mass is 10.1. The summed E-state index contributed by atoms with van der Waals surface area (Å²) in [5.74, 6) is -2.26. The summed E-state index contributed by atoms with van der Waals surface area (Å²) < 4.78 is 0. The summed E-state index contributed by atoms with van der Waals surface area (Å²) in [5.41, 5.74) is -0.274. The number of hydrogen-bond donors (Lipinski definition) is 6. The smallest absolute Gasteiger partial charge is 0.231 e. The van der Waals surface area contributed by atoms with E-state index in [1.54, 1.807) is 0 Å². The molecule has 6 N–H and O–H groups in total. The first kappa shape index (κ1) is 13.6. The molecule has 3 rings (SSSR count). The number of nitrogens with one attached hydrogen (secondary N) is 1. The van der Waals surface area contributed by atoms with Crippen molar-refractivity contribution in [2.24, 2.45) is 0 Å². The Bertz CT molecular complexity index is 960. The second-order valence-corrected chi connectivity index (χ2v) is 4.77. The van der Waals surface area contributed by atoms with Crippen molar-refractivity contribution in [3.63, 3.8) is 0 Å². The first-order valence-corrected chi connectivity index (χ1v) is 6.21. The molecule has 0 saturated heterocycles. The van der Waals surface area contributed by atoms with Crippen LogP contribution in [0.1, 0.15) is 0 Å². The molecule has 0 aliphatic rings. The summed E-state index contributed by atoms with van der Waals surface area (Å²) in [6.45, 7) is 0. The van der Waals surface area contributed by atoms with Gasteiger partial charge in [-0.05, 0) is 24.3 Å². The van der Waals surface area contributed by atoms with Crippen LogP contribution in [0, 0.1) is 0 Å². The zero-order chi connectivity index (χ0) is 16.0. The molecule has 3 aromatic rings. The molecule has 2 aromatic carbocycles. The average molecular weight is 301 g/mol. The van der Waals surface area contributed by atoms with E-state index in [-0.39, 0.29) is 27.9 Å². The van der Waals surface area contributed by atoms with Crippen LogP contribution in [0.2, 0.25) is 0 Å². The van der Waals surface area contributed by atoms with Crippen molar-refractivity contribution in [3.05, 3.63) is 40.6 Å². The van der Waals surface area contributed by atoms with Crippen LogP contribution >= 0.6 is 0 Å². The molecule has 7 heteroatoms. The summed E-state index contributed by atoms with van der Waals surface area (Å²) in [6.07, 6.45) is 0. The highest BCUT2D eigenvalue weighted by atomic mass is 16.3. The molecule has 22 heavy (non-hydrogen) atoms. The van der Waals surface area contributed by atoms with Crippen LogP contribution in [0.15, 0.2) is 35.1 Å². The summed E-state index contributed by atoms with van der Waals surface area (Å²) in [5, 5.41) is 47.8. The second-order valence-electron chi connectivity index (χ2n) is 4.77. The normalized spacial score (nSPS) is 10.9. The third kappa shape index (κ3) is 1.96. The first-order chi connectivity index (χ1) is 10.4. The number of H-pyrrole nitrogens is 1. The fraction of sp³-hybridized carbons (Fsp3) is 0. The number of hydrogen-bond acceptors (Lipinski definition) is 6. The highest BCUT2D eigenvalue weighted by Crippen LogP contribution is 2.35. The maximum Gasteiger partial charge on any atom is 0.231 e. The van der Waals surface area contributed by atoms with E-state index in [1.807, 2.05) is 0 Å². The van der Waals surface area contributed by atoms with Gasteiger partial charge in [0.15, 0.2) is 28.7 Å². The predicted octanol–water partition coefficient (Wildman–Crippen LogP) is 1.72. The molecular formula is C15H11NO6. The molecule has 7 nitrogen and oxygen atoms in total. The number of phenolic OH excluding ortho intramolecular Hbond substituents is 4. The number of rotatable bonds is 1. The highest BCUT2D eigenvalue weighted by molar-refractivity contribution is 5.87. The van der Waals surface area contributed by atoms with Crippen molar-refractivity contribution >= 4 is 10.9 Å². The highest BCUT2D eigenvalue weighted by Gasteiger charge is 2.15. The molecule has 1 aromatic heterocycles. The van der Waals surface area contributed by atoms with E-state index in [0.717, 1.165) is 12.1 Å². The number of benzene rings is 2. The zero-order valence-electron chi connectivity index (χ0n) is 11.0. The van der Waals surface area contributed by atoms with Gasteiger partial charge in [-0.25, -0.2) is 0 Å². The molecule has 0 radical (unpaired) electrons. The molecule has 0 fully saturated rings. The van der Waals surface area contributed by atoms with Crippen LogP contribution in [0.3, 0.4) is 0 Å². The van der Waals surface area contributed by atoms with Crippen molar-refractivity contribution in [3.8, 4) is 40.0 Å². The van der Waals surface area contributed by atoms with Gasteiger partial charge in [0.25, 0.3) is 0 Å². The number of pyridine rings is 1. The minimum atomic E-state index is -0.744. The Morgan fingerprint density at radius 1 is 0.773 bits per heavy atom. The van der Waals surface area contributed by atoms with Crippen molar-refractivity contribution in [2.75, 3.05) is 0 Å². The molecule has 0 aliphatic carbocycles. The maximum absolute atomic E-state index is 12.2. The van der Waals surface area contributed by atoms with Crippen molar-refractivity contribution < 1.29 is 25.5 Å². The van der Waals surface area contributed by atoms with Gasteiger partial charge < -0.3 is 30.5 Å². The van der Waals surface area contributed by atoms with Gasteiger partial charge in [0.1, 0.15) is 0 Å². The number of aromatic nitrogens is 1. The fourth-order valence-corrected chi connectivity index (χ4v) is 2.19. The van der Waals surface area contributed by atoms with Crippen LogP contribution in [-0.4, -0.2) is 30.5 Å². The Morgan fingerprint density at radius 3 is 2.09 bits per heavy atom. The number of aromatic hydroxyl groups is 5. The molecule has 112 valence electrons. The largest absolute Gasteiger partial charge is 0.504 e. The molecule has 0 atom stereocenters. The second kappa shape index (κ2) is 4.59. The third-order valence-corrected chi connectivity index (χ3v) is 3.33. The lowest BCUT2D eigenvalue weighted by Gasteiger charge is -2.09. The topological polar surface area (TPSA) is 134 Å². The molecule has 0 aliphatic heterocycles. The van der Waals surface area contributed by atoms with Crippen LogP contribution < -0.4 is 5.43 Å². The first-order valence-electron chi connectivity index (χ1n) is 6.21. The summed E-state index contributed by atoms with van der Waals surface area (Å²) in [4.78, 5) is 14.9. The summed E-state index contributed by atoms with van der Waals surface area (Å²) >= 11 is 0. The zero-order valence-corrected chi connectivity index (χ0v) is 11.0. The number of aromatic amines is 1. The van der Waals surface area contributed by atoms with Gasteiger partial charge in [-0.15, -0.1) is 0 Å². The van der Waals surface area contributed by atoms with Gasteiger partial charge in [-0.1, -0.05) is 0 Å². The van der Waals surface area contributed by atoms with Crippen molar-refractivity contribution in [1.82, 2.24) is 4.98 Å². The Morgan fingerprint density at radius 2 is 1.41 bits per heavy atom. The van der Waals surface area contributed by atoms with Crippen LogP contribution in [0.4, 0.5) is 0 Å². The maximum atomic E-state index is 12.2. The lowest BCUT2D eigenvalue weighted by molar-refractivity contribution is 0.404. The van der Waals surface area contributed by atoms with Crippen molar-refractivity contribution in [1.29, 1.82) is 0 Å². The number of phenols is 4. The van der Waals surface area contributed by atoms with E-state index < -0.39 is 28.4 Å². The molecular weight excluding hydrogens is 290 g/mol. The Labute approximate surface area is 123 Å². The van der Waals surface area contributed by atoms with Crippen molar-refractivity contribution in [2.45, 2.75) is 0 Å². The molecule has 0 unspecified atom stereocenters. The van der Waals surface area contributed by atoms with E-state index in [9.17, 15) is 30.3 Å². The molecule has 0 saturated carbocycles. The molecule has 1 heterocycles. The third-order valence-electron chi connectivity index (χ3n) is 3.33. The minimum absolute atomic E-state index is 0.000416. The van der Waals surface area contributed by atoms with E-state index in [2.05, 4.69) is 4.98 Å². The predicted molar refractivity (Wildman–Crippen MR) is 78.3 cm³/mol. The Hall–Kier alpha value is -3.35. The fourth-order valence-electron chi connectivity index (χ4n) is 2.19. The van der Waals surface area contributed by atoms with Gasteiger partial charge in [-0.2, -0.15) is 0 Å². The lowest BCUT2D eigenvalue weighted by Crippen LogP contribution is -2.05. The standard InChI is InChI=1S/C15H11NO6/c17-9-2-1-6(3-10(9)18)13-15(22)14(21)7-4-11(19)12(20)5-8(7)16-13/h1-5,17-20,22H,(H,16,21). The monoisotopic (exact) mass is 301 g/mol. The summed E-state index contributed by atoms with van der Waals surface area (Å²) in [6, 6.07) is 5.97. The van der Waals surface area contributed by atoms with Gasteiger partial charge in [0.05, 0.1) is 16.6 Å². The SMILES string of the molecule is O=c1c(O)c(-c2ccc(O)c(O)c2)[nH]c2cc(O)c(O)cc12. The van der Waals surface area contributed by atoms with Crippen LogP contribution in [0.5, 0.6) is 28.7 Å². The van der Waals surface area contributed by atoms with E-state index >= 15 is 0 Å². The van der Waals surface area contributed by atoms with Crippen LogP contribution in [-0.2, 0) is 0 Å².